The molecule has 0 saturated carbocycles. The second kappa shape index (κ2) is 4.79. The summed E-state index contributed by atoms with van der Waals surface area (Å²) in [6, 6.07) is 0.614. The molecule has 0 fully saturated rings. The Bertz CT molecular complexity index is 515. The van der Waals surface area contributed by atoms with Crippen molar-refractivity contribution in [2.45, 2.75) is 12.8 Å². The predicted octanol–water partition coefficient (Wildman–Crippen LogP) is 2.23. The van der Waals surface area contributed by atoms with Crippen molar-refractivity contribution < 1.29 is 25.8 Å². The van der Waals surface area contributed by atoms with Crippen molar-refractivity contribution >= 4 is 21.7 Å². The van der Waals surface area contributed by atoms with E-state index in [1.807, 2.05) is 0 Å². The number of pyridine rings is 1. The molecule has 0 amide bonds. The van der Waals surface area contributed by atoms with E-state index < -0.39 is 34.0 Å². The minimum Gasteiger partial charge on any atom is -0.265 e. The molecule has 0 aliphatic carbocycles. The highest BCUT2D eigenvalue weighted by molar-refractivity contribution is 7.85. The van der Waals surface area contributed by atoms with Crippen LogP contribution in [0.5, 0.6) is 0 Å². The topological polar surface area (TPSA) is 56.3 Å². The van der Waals surface area contributed by atoms with Crippen LogP contribution < -0.4 is 0 Å². The molecule has 0 aliphatic rings. The Balaban J connectivity index is 3.07. The molecular formula is C8H7ClF3NO3S. The van der Waals surface area contributed by atoms with Crippen LogP contribution in [0.25, 0.3) is 0 Å². The van der Waals surface area contributed by atoms with Gasteiger partial charge in [0.05, 0.1) is 18.4 Å². The Hall–Kier alpha value is -0.860. The van der Waals surface area contributed by atoms with Crippen molar-refractivity contribution in [2.75, 3.05) is 6.26 Å². The summed E-state index contributed by atoms with van der Waals surface area (Å²) in [7, 11) is -3.82. The van der Waals surface area contributed by atoms with Crippen molar-refractivity contribution in [3.63, 3.8) is 0 Å². The third-order valence-corrected chi connectivity index (χ3v) is 2.44. The number of alkyl halides is 3. The molecule has 0 saturated heterocycles. The van der Waals surface area contributed by atoms with Crippen molar-refractivity contribution in [3.05, 3.63) is 28.5 Å². The van der Waals surface area contributed by atoms with E-state index in [1.165, 1.54) is 0 Å². The molecule has 0 aliphatic heterocycles. The number of hydrogen-bond donors (Lipinski definition) is 0. The summed E-state index contributed by atoms with van der Waals surface area (Å²) in [6.07, 6.45) is -3.08. The number of halogens is 4. The van der Waals surface area contributed by atoms with Gasteiger partial charge in [-0.05, 0) is 6.07 Å². The maximum atomic E-state index is 12.6. The average Bonchev–Trinajstić information content (AvgIpc) is 2.13. The van der Waals surface area contributed by atoms with Gasteiger partial charge in [0, 0.05) is 11.8 Å². The Morgan fingerprint density at radius 2 is 2.06 bits per heavy atom. The Kier molecular flexibility index (Phi) is 4.00. The fourth-order valence-electron chi connectivity index (χ4n) is 1.01. The van der Waals surface area contributed by atoms with E-state index in [-0.39, 0.29) is 5.15 Å². The summed E-state index contributed by atoms with van der Waals surface area (Å²) in [6.45, 7) is -0.738. The first kappa shape index (κ1) is 14.2. The predicted molar refractivity (Wildman–Crippen MR) is 53.9 cm³/mol. The summed E-state index contributed by atoms with van der Waals surface area (Å²) in [5.74, 6) is 0. The third kappa shape index (κ3) is 4.49. The maximum absolute atomic E-state index is 12.6. The van der Waals surface area contributed by atoms with E-state index in [1.54, 1.807) is 0 Å². The molecule has 0 atom stereocenters. The van der Waals surface area contributed by atoms with Crippen LogP contribution in [0.3, 0.4) is 0 Å². The van der Waals surface area contributed by atoms with Crippen LogP contribution in [0.2, 0.25) is 5.15 Å². The van der Waals surface area contributed by atoms with Gasteiger partial charge in [0.1, 0.15) is 5.15 Å². The number of rotatable bonds is 3. The van der Waals surface area contributed by atoms with Gasteiger partial charge < -0.3 is 0 Å². The minimum atomic E-state index is -4.65. The van der Waals surface area contributed by atoms with Gasteiger partial charge in [-0.15, -0.1) is 0 Å². The van der Waals surface area contributed by atoms with E-state index in [2.05, 4.69) is 9.17 Å². The van der Waals surface area contributed by atoms with Gasteiger partial charge in [-0.25, -0.2) is 4.98 Å². The lowest BCUT2D eigenvalue weighted by Crippen LogP contribution is -2.12. The second-order valence-electron chi connectivity index (χ2n) is 3.13. The molecule has 0 bridgehead atoms. The van der Waals surface area contributed by atoms with Gasteiger partial charge >= 0.3 is 6.18 Å². The third-order valence-electron chi connectivity index (χ3n) is 1.69. The van der Waals surface area contributed by atoms with E-state index in [9.17, 15) is 21.6 Å². The van der Waals surface area contributed by atoms with Crippen LogP contribution >= 0.6 is 11.6 Å². The minimum absolute atomic E-state index is 0.333. The molecule has 0 radical (unpaired) electrons. The standard InChI is InChI=1S/C8H7ClF3NO3S/c1-17(14,15)16-4-5-3-13-7(9)2-6(5)8(10,11)12/h2-3H,4H2,1H3. The van der Waals surface area contributed by atoms with Crippen LogP contribution in [-0.2, 0) is 27.1 Å². The molecular weight excluding hydrogens is 283 g/mol. The number of nitrogens with zero attached hydrogens (tertiary/aromatic N) is 1. The summed E-state index contributed by atoms with van der Waals surface area (Å²) >= 11 is 5.34. The van der Waals surface area contributed by atoms with Crippen LogP contribution in [0.15, 0.2) is 12.3 Å². The van der Waals surface area contributed by atoms with E-state index in [0.29, 0.717) is 6.07 Å². The van der Waals surface area contributed by atoms with Gasteiger partial charge in [0.25, 0.3) is 10.1 Å². The number of aromatic nitrogens is 1. The zero-order valence-corrected chi connectivity index (χ0v) is 10.0. The number of hydrogen-bond acceptors (Lipinski definition) is 4. The van der Waals surface area contributed by atoms with Crippen molar-refractivity contribution in [2.24, 2.45) is 0 Å². The SMILES string of the molecule is CS(=O)(=O)OCc1cnc(Cl)cc1C(F)(F)F. The Labute approximate surface area is 100 Å². The van der Waals surface area contributed by atoms with Gasteiger partial charge in [-0.3, -0.25) is 4.18 Å². The van der Waals surface area contributed by atoms with Crippen LogP contribution in [0.4, 0.5) is 13.2 Å². The first-order chi connectivity index (χ1) is 7.59. The maximum Gasteiger partial charge on any atom is 0.416 e. The van der Waals surface area contributed by atoms with E-state index in [0.717, 1.165) is 12.5 Å². The molecule has 0 unspecified atom stereocenters. The molecule has 0 spiro atoms. The van der Waals surface area contributed by atoms with Crippen molar-refractivity contribution in [1.29, 1.82) is 0 Å². The average molecular weight is 290 g/mol. The van der Waals surface area contributed by atoms with Gasteiger partial charge in [0.15, 0.2) is 0 Å². The Morgan fingerprint density at radius 1 is 1.47 bits per heavy atom. The molecule has 0 aromatic carbocycles. The summed E-state index contributed by atoms with van der Waals surface area (Å²) < 4.78 is 63.3. The van der Waals surface area contributed by atoms with Crippen LogP contribution in [0, 0.1) is 0 Å². The van der Waals surface area contributed by atoms with Gasteiger partial charge in [0.2, 0.25) is 0 Å². The lowest BCUT2D eigenvalue weighted by Gasteiger charge is -2.12. The highest BCUT2D eigenvalue weighted by atomic mass is 35.5. The van der Waals surface area contributed by atoms with Crippen LogP contribution in [-0.4, -0.2) is 19.7 Å². The highest BCUT2D eigenvalue weighted by Crippen LogP contribution is 2.33. The molecule has 4 nitrogen and oxygen atoms in total. The molecule has 17 heavy (non-hydrogen) atoms. The molecule has 1 heterocycles. The van der Waals surface area contributed by atoms with Gasteiger partial charge in [-0.2, -0.15) is 21.6 Å². The fourth-order valence-corrected chi connectivity index (χ4v) is 1.51. The molecule has 1 rings (SSSR count). The second-order valence-corrected chi connectivity index (χ2v) is 5.16. The van der Waals surface area contributed by atoms with E-state index >= 15 is 0 Å². The van der Waals surface area contributed by atoms with Crippen LogP contribution in [0.1, 0.15) is 11.1 Å². The smallest absolute Gasteiger partial charge is 0.265 e. The molecule has 96 valence electrons. The molecule has 9 heteroatoms. The van der Waals surface area contributed by atoms with Gasteiger partial charge in [-0.1, -0.05) is 11.6 Å². The molecule has 0 N–H and O–H groups in total. The summed E-state index contributed by atoms with van der Waals surface area (Å²) in [5, 5.41) is -0.333. The monoisotopic (exact) mass is 289 g/mol. The Morgan fingerprint density at radius 3 is 2.53 bits per heavy atom. The molecule has 1 aromatic heterocycles. The molecule has 1 aromatic rings. The largest absolute Gasteiger partial charge is 0.416 e. The normalized spacial score (nSPS) is 12.8. The zero-order chi connectivity index (χ0) is 13.3. The quantitative estimate of drug-likeness (QED) is 0.632. The van der Waals surface area contributed by atoms with E-state index in [4.69, 9.17) is 11.6 Å². The lowest BCUT2D eigenvalue weighted by molar-refractivity contribution is -0.138. The van der Waals surface area contributed by atoms with Crippen molar-refractivity contribution in [3.8, 4) is 0 Å². The first-order valence-electron chi connectivity index (χ1n) is 4.15. The first-order valence-corrected chi connectivity index (χ1v) is 6.35. The lowest BCUT2D eigenvalue weighted by atomic mass is 10.1. The zero-order valence-electron chi connectivity index (χ0n) is 8.45. The summed E-state index contributed by atoms with van der Waals surface area (Å²) in [4.78, 5) is 3.44. The highest BCUT2D eigenvalue weighted by Gasteiger charge is 2.34. The summed E-state index contributed by atoms with van der Waals surface area (Å²) in [5.41, 5.74) is -1.46. The fraction of sp³-hybridized carbons (Fsp3) is 0.375. The van der Waals surface area contributed by atoms with Crippen molar-refractivity contribution in [1.82, 2.24) is 4.98 Å².